The molecule has 22 heavy (non-hydrogen) atoms. The third-order valence-electron chi connectivity index (χ3n) is 4.23. The van der Waals surface area contributed by atoms with E-state index in [2.05, 4.69) is 36.1 Å². The third kappa shape index (κ3) is 3.14. The van der Waals surface area contributed by atoms with Gasteiger partial charge in [-0.15, -0.1) is 12.4 Å². The summed E-state index contributed by atoms with van der Waals surface area (Å²) in [4.78, 5) is 2.42. The quantitative estimate of drug-likeness (QED) is 0.871. The molecule has 2 aromatic carbocycles. The number of nitrogens with zero attached hydrogens (tertiary/aromatic N) is 1. The summed E-state index contributed by atoms with van der Waals surface area (Å²) in [6.45, 7) is 4.04. The highest BCUT2D eigenvalue weighted by Crippen LogP contribution is 2.32. The van der Waals surface area contributed by atoms with Crippen molar-refractivity contribution in [1.82, 2.24) is 0 Å². The van der Waals surface area contributed by atoms with Gasteiger partial charge in [0, 0.05) is 24.5 Å². The fourth-order valence-corrected chi connectivity index (χ4v) is 3.08. The molecule has 0 saturated carbocycles. The van der Waals surface area contributed by atoms with Gasteiger partial charge in [-0.05, 0) is 54.7 Å². The van der Waals surface area contributed by atoms with Crippen molar-refractivity contribution in [1.29, 1.82) is 0 Å². The standard InChI is InChI=1S/C18H22N2O.ClH/c1-13-8-9-14(11-18(13)21-2)12-20-10-4-5-15-16(19)6-3-7-17(15)20;/h3,6-9,11H,4-5,10,12,19H2,1-2H3;1H. The molecule has 0 bridgehead atoms. The van der Waals surface area contributed by atoms with E-state index < -0.39 is 0 Å². The predicted molar refractivity (Wildman–Crippen MR) is 95.2 cm³/mol. The van der Waals surface area contributed by atoms with E-state index in [1.54, 1.807) is 7.11 Å². The first kappa shape index (κ1) is 16.5. The fraction of sp³-hybridized carbons (Fsp3) is 0.333. The van der Waals surface area contributed by atoms with E-state index in [1.807, 2.05) is 12.1 Å². The third-order valence-corrected chi connectivity index (χ3v) is 4.23. The molecule has 4 heteroatoms. The predicted octanol–water partition coefficient (Wildman–Crippen LogP) is 3.96. The van der Waals surface area contributed by atoms with Crippen LogP contribution in [0.5, 0.6) is 5.75 Å². The van der Waals surface area contributed by atoms with Crippen LogP contribution < -0.4 is 15.4 Å². The van der Waals surface area contributed by atoms with Crippen LogP contribution in [0.25, 0.3) is 0 Å². The average molecular weight is 319 g/mol. The van der Waals surface area contributed by atoms with Crippen molar-refractivity contribution in [3.8, 4) is 5.75 Å². The van der Waals surface area contributed by atoms with Gasteiger partial charge in [-0.2, -0.15) is 0 Å². The molecule has 0 aliphatic carbocycles. The van der Waals surface area contributed by atoms with Crippen molar-refractivity contribution in [2.75, 3.05) is 24.3 Å². The lowest BCUT2D eigenvalue weighted by Gasteiger charge is -2.32. The van der Waals surface area contributed by atoms with Crippen LogP contribution in [0, 0.1) is 6.92 Å². The van der Waals surface area contributed by atoms with Gasteiger partial charge in [-0.3, -0.25) is 0 Å². The van der Waals surface area contributed by atoms with Crippen molar-refractivity contribution in [2.24, 2.45) is 0 Å². The first-order valence-electron chi connectivity index (χ1n) is 7.45. The Labute approximate surface area is 138 Å². The largest absolute Gasteiger partial charge is 0.496 e. The van der Waals surface area contributed by atoms with E-state index in [0.29, 0.717) is 0 Å². The average Bonchev–Trinajstić information content (AvgIpc) is 2.50. The minimum absolute atomic E-state index is 0. The number of methoxy groups -OCH3 is 1. The Morgan fingerprint density at radius 2 is 2.05 bits per heavy atom. The zero-order chi connectivity index (χ0) is 14.8. The number of benzene rings is 2. The fourth-order valence-electron chi connectivity index (χ4n) is 3.08. The number of rotatable bonds is 3. The smallest absolute Gasteiger partial charge is 0.122 e. The molecule has 3 nitrogen and oxygen atoms in total. The zero-order valence-electron chi connectivity index (χ0n) is 13.1. The van der Waals surface area contributed by atoms with E-state index in [0.717, 1.165) is 37.4 Å². The Kier molecular flexibility index (Phi) is 5.19. The van der Waals surface area contributed by atoms with Gasteiger partial charge < -0.3 is 15.4 Å². The number of hydrogen-bond donors (Lipinski definition) is 1. The van der Waals surface area contributed by atoms with Crippen LogP contribution in [0.2, 0.25) is 0 Å². The molecule has 1 aliphatic rings. The summed E-state index contributed by atoms with van der Waals surface area (Å²) in [7, 11) is 1.73. The van der Waals surface area contributed by atoms with E-state index in [9.17, 15) is 0 Å². The maximum absolute atomic E-state index is 6.12. The lowest BCUT2D eigenvalue weighted by atomic mass is 9.99. The summed E-state index contributed by atoms with van der Waals surface area (Å²) < 4.78 is 5.42. The van der Waals surface area contributed by atoms with Crippen molar-refractivity contribution in [3.05, 3.63) is 53.1 Å². The van der Waals surface area contributed by atoms with Gasteiger partial charge in [0.1, 0.15) is 5.75 Å². The number of nitrogens with two attached hydrogens (primary N) is 1. The molecule has 118 valence electrons. The van der Waals surface area contributed by atoms with Crippen LogP contribution in [0.3, 0.4) is 0 Å². The number of nitrogen functional groups attached to an aromatic ring is 1. The molecule has 1 aliphatic heterocycles. The lowest BCUT2D eigenvalue weighted by molar-refractivity contribution is 0.411. The van der Waals surface area contributed by atoms with Gasteiger partial charge >= 0.3 is 0 Å². The lowest BCUT2D eigenvalue weighted by Crippen LogP contribution is -2.29. The Hall–Kier alpha value is -1.87. The number of hydrogen-bond acceptors (Lipinski definition) is 3. The highest BCUT2D eigenvalue weighted by atomic mass is 35.5. The van der Waals surface area contributed by atoms with Gasteiger partial charge in [0.15, 0.2) is 0 Å². The number of aryl methyl sites for hydroxylation is 1. The number of ether oxygens (including phenoxy) is 1. The summed E-state index contributed by atoms with van der Waals surface area (Å²) in [6, 6.07) is 12.7. The zero-order valence-corrected chi connectivity index (χ0v) is 14.0. The topological polar surface area (TPSA) is 38.5 Å². The molecule has 2 aromatic rings. The molecule has 0 atom stereocenters. The first-order chi connectivity index (χ1) is 10.2. The SMILES string of the molecule is COc1cc(CN2CCCc3c(N)cccc32)ccc1C.Cl. The molecule has 3 rings (SSSR count). The normalized spacial score (nSPS) is 13.3. The molecule has 0 unspecified atom stereocenters. The minimum Gasteiger partial charge on any atom is -0.496 e. The van der Waals surface area contributed by atoms with Crippen molar-refractivity contribution in [3.63, 3.8) is 0 Å². The summed E-state index contributed by atoms with van der Waals surface area (Å²) in [5, 5.41) is 0. The second kappa shape index (κ2) is 6.93. The molecule has 2 N–H and O–H groups in total. The van der Waals surface area contributed by atoms with Gasteiger partial charge in [-0.1, -0.05) is 18.2 Å². The monoisotopic (exact) mass is 318 g/mol. The Bertz CT molecular complexity index is 658. The van der Waals surface area contributed by atoms with Crippen LogP contribution >= 0.6 is 12.4 Å². The number of halogens is 1. The molecule has 0 spiro atoms. The van der Waals surface area contributed by atoms with Crippen LogP contribution in [-0.4, -0.2) is 13.7 Å². The summed E-state index contributed by atoms with van der Waals surface area (Å²) in [5.74, 6) is 0.956. The Balaban J connectivity index is 0.00000176. The van der Waals surface area contributed by atoms with Gasteiger partial charge in [0.2, 0.25) is 0 Å². The van der Waals surface area contributed by atoms with Crippen LogP contribution in [0.15, 0.2) is 36.4 Å². The van der Waals surface area contributed by atoms with Crippen molar-refractivity contribution in [2.45, 2.75) is 26.3 Å². The van der Waals surface area contributed by atoms with Crippen LogP contribution in [0.4, 0.5) is 11.4 Å². The van der Waals surface area contributed by atoms with E-state index in [-0.39, 0.29) is 12.4 Å². The molecule has 0 amide bonds. The van der Waals surface area contributed by atoms with Crippen LogP contribution in [-0.2, 0) is 13.0 Å². The van der Waals surface area contributed by atoms with E-state index in [4.69, 9.17) is 10.5 Å². The second-order valence-corrected chi connectivity index (χ2v) is 5.67. The summed E-state index contributed by atoms with van der Waals surface area (Å²) in [5.41, 5.74) is 12.0. The Morgan fingerprint density at radius 1 is 1.23 bits per heavy atom. The first-order valence-corrected chi connectivity index (χ1v) is 7.45. The summed E-state index contributed by atoms with van der Waals surface area (Å²) in [6.07, 6.45) is 2.24. The minimum atomic E-state index is 0. The molecule has 0 saturated heterocycles. The number of fused-ring (bicyclic) bond motifs is 1. The van der Waals surface area contributed by atoms with Crippen LogP contribution in [0.1, 0.15) is 23.1 Å². The number of anilines is 2. The van der Waals surface area contributed by atoms with Crippen molar-refractivity contribution < 1.29 is 4.74 Å². The van der Waals surface area contributed by atoms with Gasteiger partial charge in [-0.25, -0.2) is 0 Å². The van der Waals surface area contributed by atoms with E-state index >= 15 is 0 Å². The molecule has 1 heterocycles. The molecule has 0 aromatic heterocycles. The Morgan fingerprint density at radius 3 is 2.82 bits per heavy atom. The second-order valence-electron chi connectivity index (χ2n) is 5.67. The van der Waals surface area contributed by atoms with Gasteiger partial charge in [0.25, 0.3) is 0 Å². The molecule has 0 fully saturated rings. The molecular weight excluding hydrogens is 296 g/mol. The maximum atomic E-state index is 6.12. The molecule has 0 radical (unpaired) electrons. The highest BCUT2D eigenvalue weighted by Gasteiger charge is 2.18. The molecular formula is C18H23ClN2O. The highest BCUT2D eigenvalue weighted by molar-refractivity contribution is 5.85. The van der Waals surface area contributed by atoms with E-state index in [1.165, 1.54) is 22.4 Å². The maximum Gasteiger partial charge on any atom is 0.122 e. The van der Waals surface area contributed by atoms with Gasteiger partial charge in [0.05, 0.1) is 7.11 Å². The van der Waals surface area contributed by atoms with Crippen molar-refractivity contribution >= 4 is 23.8 Å². The summed E-state index contributed by atoms with van der Waals surface area (Å²) >= 11 is 0.